The monoisotopic (exact) mass is 411 g/mol. The second-order valence-corrected chi connectivity index (χ2v) is 8.95. The highest BCUT2D eigenvalue weighted by Gasteiger charge is 2.50. The Morgan fingerprint density at radius 2 is 2.00 bits per heavy atom. The van der Waals surface area contributed by atoms with Gasteiger partial charge in [0.05, 0.1) is 18.2 Å². The van der Waals surface area contributed by atoms with Crippen molar-refractivity contribution in [2.24, 2.45) is 0 Å². The van der Waals surface area contributed by atoms with Gasteiger partial charge in [-0.05, 0) is 64.4 Å². The summed E-state index contributed by atoms with van der Waals surface area (Å²) in [7, 11) is 0. The van der Waals surface area contributed by atoms with Crippen molar-refractivity contribution < 1.29 is 19.1 Å². The molecule has 1 aromatic carbocycles. The second kappa shape index (κ2) is 8.27. The van der Waals surface area contributed by atoms with Crippen LogP contribution in [0, 0.1) is 11.3 Å². The molecule has 1 amide bonds. The number of amides is 1. The Morgan fingerprint density at radius 1 is 1.23 bits per heavy atom. The van der Waals surface area contributed by atoms with Crippen molar-refractivity contribution in [1.82, 2.24) is 9.80 Å². The molecule has 3 heterocycles. The highest BCUT2D eigenvalue weighted by molar-refractivity contribution is 5.79. The number of hydrogen-bond acceptors (Lipinski definition) is 6. The maximum atomic E-state index is 12.9. The molecule has 0 N–H and O–H groups in total. The summed E-state index contributed by atoms with van der Waals surface area (Å²) in [6.07, 6.45) is 4.00. The van der Waals surface area contributed by atoms with Gasteiger partial charge in [-0.3, -0.25) is 14.5 Å². The van der Waals surface area contributed by atoms with Gasteiger partial charge in [-0.15, -0.1) is 0 Å². The Morgan fingerprint density at radius 3 is 2.67 bits per heavy atom. The van der Waals surface area contributed by atoms with Crippen LogP contribution in [0.2, 0.25) is 0 Å². The first-order valence-corrected chi connectivity index (χ1v) is 10.8. The quantitative estimate of drug-likeness (QED) is 0.709. The number of ether oxygens (including phenoxy) is 2. The summed E-state index contributed by atoms with van der Waals surface area (Å²) in [5.74, 6) is 0.380. The normalized spacial score (nSPS) is 25.9. The Labute approximate surface area is 177 Å². The molecule has 2 saturated heterocycles. The van der Waals surface area contributed by atoms with Gasteiger partial charge in [0.2, 0.25) is 5.91 Å². The number of benzene rings is 1. The summed E-state index contributed by atoms with van der Waals surface area (Å²) in [6, 6.07) is 6.93. The zero-order valence-corrected chi connectivity index (χ0v) is 17.7. The molecule has 0 bridgehead atoms. The molecule has 0 radical (unpaired) electrons. The van der Waals surface area contributed by atoms with Crippen LogP contribution in [0.25, 0.3) is 0 Å². The molecule has 4 rings (SSSR count). The van der Waals surface area contributed by atoms with E-state index in [-0.39, 0.29) is 18.4 Å². The Bertz CT molecular complexity index is 870. The molecule has 0 spiro atoms. The third-order valence-electron chi connectivity index (χ3n) is 6.31. The Hall–Kier alpha value is -2.59. The molecule has 2 fully saturated rings. The van der Waals surface area contributed by atoms with E-state index in [1.54, 1.807) is 23.1 Å². The van der Waals surface area contributed by atoms with Crippen LogP contribution in [0.1, 0.15) is 63.1 Å². The van der Waals surface area contributed by atoms with Crippen molar-refractivity contribution in [2.75, 3.05) is 26.2 Å². The van der Waals surface area contributed by atoms with Crippen LogP contribution >= 0.6 is 0 Å². The molecule has 3 aliphatic rings. The van der Waals surface area contributed by atoms with Gasteiger partial charge in [-0.2, -0.15) is 5.26 Å². The van der Waals surface area contributed by atoms with Gasteiger partial charge in [0.15, 0.2) is 6.10 Å². The number of rotatable bonds is 4. The summed E-state index contributed by atoms with van der Waals surface area (Å²) in [5, 5.41) is 9.38. The number of nitrogens with zero attached hydrogens (tertiary/aromatic N) is 3. The third kappa shape index (κ3) is 4.01. The highest BCUT2D eigenvalue weighted by Crippen LogP contribution is 2.45. The summed E-state index contributed by atoms with van der Waals surface area (Å²) in [6.45, 7) is 6.44. The predicted molar refractivity (Wildman–Crippen MR) is 110 cm³/mol. The number of piperidine rings is 1. The fraction of sp³-hybridized carbons (Fsp3) is 0.609. The lowest BCUT2D eigenvalue weighted by Crippen LogP contribution is -2.56. The lowest BCUT2D eigenvalue weighted by Gasteiger charge is -2.47. The van der Waals surface area contributed by atoms with Gasteiger partial charge >= 0.3 is 5.97 Å². The summed E-state index contributed by atoms with van der Waals surface area (Å²) < 4.78 is 12.2. The predicted octanol–water partition coefficient (Wildman–Crippen LogP) is 2.79. The van der Waals surface area contributed by atoms with E-state index in [2.05, 4.69) is 11.0 Å². The fourth-order valence-corrected chi connectivity index (χ4v) is 4.81. The fourth-order valence-electron chi connectivity index (χ4n) is 4.81. The molecule has 0 unspecified atom stereocenters. The topological polar surface area (TPSA) is 82.9 Å². The van der Waals surface area contributed by atoms with Gasteiger partial charge in [0.25, 0.3) is 0 Å². The Balaban J connectivity index is 1.65. The van der Waals surface area contributed by atoms with Crippen molar-refractivity contribution in [3.8, 4) is 11.8 Å². The van der Waals surface area contributed by atoms with Crippen molar-refractivity contribution in [2.45, 2.75) is 63.7 Å². The SMILES string of the molecule is CC1(C)Oc2ccc(C#N)cc2[C@@H](N2CCCC2=O)[C@@H]1OC(=O)CN1CCCCC1. The van der Waals surface area contributed by atoms with E-state index in [0.29, 0.717) is 24.3 Å². The summed E-state index contributed by atoms with van der Waals surface area (Å²) in [5.41, 5.74) is 0.415. The number of likely N-dealkylation sites (tertiary alicyclic amines) is 2. The van der Waals surface area contributed by atoms with E-state index < -0.39 is 17.7 Å². The molecule has 0 aliphatic carbocycles. The van der Waals surface area contributed by atoms with Crippen LogP contribution in [-0.4, -0.2) is 59.6 Å². The minimum atomic E-state index is -0.813. The zero-order valence-electron chi connectivity index (χ0n) is 17.7. The molecule has 7 heteroatoms. The number of carbonyl (C=O) groups is 2. The standard InChI is InChI=1S/C23H29N3O4/c1-23(2)22(29-20(28)15-25-10-4-3-5-11-25)21(26-12-6-7-19(26)27)17-13-16(14-24)8-9-18(17)30-23/h8-9,13,21-22H,3-7,10-12,15H2,1-2H3/t21-,22+/m1/s1. The first kappa shape index (κ1) is 20.7. The van der Waals surface area contributed by atoms with Crippen LogP contribution in [-0.2, 0) is 14.3 Å². The lowest BCUT2D eigenvalue weighted by molar-refractivity contribution is -0.174. The smallest absolute Gasteiger partial charge is 0.320 e. The summed E-state index contributed by atoms with van der Waals surface area (Å²) in [4.78, 5) is 29.5. The maximum Gasteiger partial charge on any atom is 0.320 e. The molecule has 2 atom stereocenters. The van der Waals surface area contributed by atoms with E-state index in [1.165, 1.54) is 6.42 Å². The van der Waals surface area contributed by atoms with E-state index in [4.69, 9.17) is 9.47 Å². The van der Waals surface area contributed by atoms with Gasteiger partial charge in [-0.1, -0.05) is 6.42 Å². The van der Waals surface area contributed by atoms with E-state index in [0.717, 1.165) is 37.9 Å². The molecule has 7 nitrogen and oxygen atoms in total. The van der Waals surface area contributed by atoms with Crippen molar-refractivity contribution >= 4 is 11.9 Å². The van der Waals surface area contributed by atoms with Gasteiger partial charge in [0, 0.05) is 18.5 Å². The number of carbonyl (C=O) groups excluding carboxylic acids is 2. The maximum absolute atomic E-state index is 12.9. The molecule has 3 aliphatic heterocycles. The average Bonchev–Trinajstić information content (AvgIpc) is 3.14. The van der Waals surface area contributed by atoms with Crippen LogP contribution in [0.5, 0.6) is 5.75 Å². The molecule has 160 valence electrons. The second-order valence-electron chi connectivity index (χ2n) is 8.95. The number of fused-ring (bicyclic) bond motifs is 1. The van der Waals surface area contributed by atoms with Crippen molar-refractivity contribution in [3.05, 3.63) is 29.3 Å². The van der Waals surface area contributed by atoms with Crippen LogP contribution in [0.15, 0.2) is 18.2 Å². The first-order chi connectivity index (χ1) is 14.4. The Kier molecular flexibility index (Phi) is 5.70. The highest BCUT2D eigenvalue weighted by atomic mass is 16.6. The van der Waals surface area contributed by atoms with Crippen molar-refractivity contribution in [3.63, 3.8) is 0 Å². The molecule has 1 aromatic rings. The number of esters is 1. The zero-order chi connectivity index (χ0) is 21.3. The number of hydrogen-bond donors (Lipinski definition) is 0. The summed E-state index contributed by atoms with van der Waals surface area (Å²) >= 11 is 0. The van der Waals surface area contributed by atoms with Gasteiger partial charge in [-0.25, -0.2) is 0 Å². The third-order valence-corrected chi connectivity index (χ3v) is 6.31. The van der Waals surface area contributed by atoms with Crippen molar-refractivity contribution in [1.29, 1.82) is 5.26 Å². The van der Waals surface area contributed by atoms with E-state index in [9.17, 15) is 14.9 Å². The largest absolute Gasteiger partial charge is 0.484 e. The lowest BCUT2D eigenvalue weighted by atomic mass is 9.84. The molecule has 0 saturated carbocycles. The molecular weight excluding hydrogens is 382 g/mol. The minimum absolute atomic E-state index is 0.0445. The average molecular weight is 412 g/mol. The molecule has 0 aromatic heterocycles. The van der Waals surface area contributed by atoms with E-state index >= 15 is 0 Å². The van der Waals surface area contributed by atoms with Crippen LogP contribution in [0.3, 0.4) is 0 Å². The number of nitriles is 1. The minimum Gasteiger partial charge on any atom is -0.484 e. The van der Waals surface area contributed by atoms with Crippen LogP contribution < -0.4 is 4.74 Å². The molecule has 30 heavy (non-hydrogen) atoms. The first-order valence-electron chi connectivity index (χ1n) is 10.8. The van der Waals surface area contributed by atoms with Gasteiger partial charge < -0.3 is 14.4 Å². The van der Waals surface area contributed by atoms with Crippen LogP contribution in [0.4, 0.5) is 0 Å². The molecular formula is C23H29N3O4. The van der Waals surface area contributed by atoms with E-state index in [1.807, 2.05) is 13.8 Å². The van der Waals surface area contributed by atoms with Gasteiger partial charge in [0.1, 0.15) is 17.4 Å².